The molecule has 118 valence electrons. The van der Waals surface area contributed by atoms with Gasteiger partial charge in [-0.3, -0.25) is 0 Å². The molecule has 1 saturated carbocycles. The number of methoxy groups -OCH3 is 1. The van der Waals surface area contributed by atoms with Crippen LogP contribution >= 0.6 is 0 Å². The van der Waals surface area contributed by atoms with Crippen LogP contribution in [0.15, 0.2) is 23.2 Å². The number of ether oxygens (including phenoxy) is 1. The van der Waals surface area contributed by atoms with Gasteiger partial charge in [0.25, 0.3) is 0 Å². The maximum absolute atomic E-state index is 12.5. The van der Waals surface area contributed by atoms with E-state index in [0.717, 1.165) is 19.3 Å². The second kappa shape index (κ2) is 6.72. The number of rotatable bonds is 9. The summed E-state index contributed by atoms with van der Waals surface area (Å²) in [4.78, 5) is 4.30. The molecule has 21 heavy (non-hydrogen) atoms. The Kier molecular flexibility index (Phi) is 5.18. The van der Waals surface area contributed by atoms with Crippen LogP contribution in [0.2, 0.25) is 0 Å². The van der Waals surface area contributed by atoms with Gasteiger partial charge in [0.1, 0.15) is 10.7 Å². The molecule has 1 fully saturated rings. The summed E-state index contributed by atoms with van der Waals surface area (Å²) in [5.41, 5.74) is 0.0731. The third kappa shape index (κ3) is 4.15. The van der Waals surface area contributed by atoms with E-state index in [2.05, 4.69) is 15.0 Å². The second-order valence-corrected chi connectivity index (χ2v) is 7.18. The molecular formula is C14H23N3O3S. The molecule has 1 heterocycles. The Balaban J connectivity index is 2.05. The van der Waals surface area contributed by atoms with Gasteiger partial charge < -0.3 is 10.1 Å². The van der Waals surface area contributed by atoms with Gasteiger partial charge >= 0.3 is 0 Å². The highest BCUT2D eigenvalue weighted by molar-refractivity contribution is 7.89. The Labute approximate surface area is 126 Å². The average Bonchev–Trinajstić information content (AvgIpc) is 3.25. The van der Waals surface area contributed by atoms with Gasteiger partial charge in [0, 0.05) is 33.0 Å². The lowest BCUT2D eigenvalue weighted by Gasteiger charge is -2.16. The average molecular weight is 313 g/mol. The third-order valence-corrected chi connectivity index (χ3v) is 5.27. The van der Waals surface area contributed by atoms with Crippen LogP contribution in [0.3, 0.4) is 0 Å². The lowest BCUT2D eigenvalue weighted by Crippen LogP contribution is -2.31. The Morgan fingerprint density at radius 3 is 2.81 bits per heavy atom. The molecule has 0 saturated heterocycles. The first-order chi connectivity index (χ1) is 10.0. The third-order valence-electron chi connectivity index (χ3n) is 3.84. The van der Waals surface area contributed by atoms with Crippen LogP contribution in [-0.4, -0.2) is 40.2 Å². The molecule has 0 aliphatic heterocycles. The summed E-state index contributed by atoms with van der Waals surface area (Å²) < 4.78 is 32.7. The Bertz CT molecular complexity index is 571. The predicted molar refractivity (Wildman–Crippen MR) is 81.7 cm³/mol. The van der Waals surface area contributed by atoms with Crippen LogP contribution in [0, 0.1) is 5.41 Å². The van der Waals surface area contributed by atoms with Gasteiger partial charge in [-0.2, -0.15) is 0 Å². The van der Waals surface area contributed by atoms with Gasteiger partial charge in [-0.25, -0.2) is 18.1 Å². The van der Waals surface area contributed by atoms with Crippen molar-refractivity contribution in [3.63, 3.8) is 0 Å². The largest absolute Gasteiger partial charge is 0.385 e. The molecule has 1 aliphatic rings. The van der Waals surface area contributed by atoms with Gasteiger partial charge in [-0.15, -0.1) is 0 Å². The fraction of sp³-hybridized carbons (Fsp3) is 0.643. The van der Waals surface area contributed by atoms with Crippen LogP contribution in [0.4, 0.5) is 5.82 Å². The molecule has 6 nitrogen and oxygen atoms in total. The number of hydrogen-bond donors (Lipinski definition) is 2. The molecule has 0 radical (unpaired) electrons. The zero-order valence-corrected chi connectivity index (χ0v) is 13.4. The number of aromatic nitrogens is 1. The zero-order valence-electron chi connectivity index (χ0n) is 12.6. The predicted octanol–water partition coefficient (Wildman–Crippen LogP) is 1.61. The van der Waals surface area contributed by atoms with Crippen molar-refractivity contribution in [3.05, 3.63) is 18.3 Å². The van der Waals surface area contributed by atoms with E-state index in [-0.39, 0.29) is 10.3 Å². The van der Waals surface area contributed by atoms with Crippen LogP contribution < -0.4 is 10.0 Å². The van der Waals surface area contributed by atoms with Crippen molar-refractivity contribution in [2.75, 3.05) is 32.1 Å². The van der Waals surface area contributed by atoms with Gasteiger partial charge in [0.05, 0.1) is 0 Å². The molecule has 1 aromatic heterocycles. The monoisotopic (exact) mass is 313 g/mol. The number of sulfonamides is 1. The summed E-state index contributed by atoms with van der Waals surface area (Å²) in [7, 11) is -1.88. The van der Waals surface area contributed by atoms with Crippen molar-refractivity contribution < 1.29 is 13.2 Å². The van der Waals surface area contributed by atoms with Crippen molar-refractivity contribution in [2.24, 2.45) is 5.41 Å². The fourth-order valence-corrected chi connectivity index (χ4v) is 3.53. The molecule has 0 bridgehead atoms. The summed E-state index contributed by atoms with van der Waals surface area (Å²) in [6.07, 6.45) is 4.56. The zero-order chi connectivity index (χ0) is 15.3. The molecule has 0 amide bonds. The van der Waals surface area contributed by atoms with E-state index in [9.17, 15) is 8.42 Å². The van der Waals surface area contributed by atoms with E-state index in [4.69, 9.17) is 4.74 Å². The quantitative estimate of drug-likeness (QED) is 0.724. The smallest absolute Gasteiger partial charge is 0.244 e. The summed E-state index contributed by atoms with van der Waals surface area (Å²) >= 11 is 0. The highest BCUT2D eigenvalue weighted by atomic mass is 32.2. The molecule has 0 unspecified atom stereocenters. The molecule has 2 rings (SSSR count). The maximum atomic E-state index is 12.5. The molecule has 2 N–H and O–H groups in total. The normalized spacial score (nSPS) is 16.7. The minimum atomic E-state index is -3.55. The van der Waals surface area contributed by atoms with Gasteiger partial charge in [0.15, 0.2) is 0 Å². The molecule has 1 aromatic rings. The van der Waals surface area contributed by atoms with Gasteiger partial charge in [-0.1, -0.05) is 0 Å². The highest BCUT2D eigenvalue weighted by Gasteiger charge is 2.42. The number of anilines is 1. The SMILES string of the molecule is CCNc1ncccc1S(=O)(=O)NCC1(CCOC)CC1. The molecular weight excluding hydrogens is 290 g/mol. The highest BCUT2D eigenvalue weighted by Crippen LogP contribution is 2.48. The van der Waals surface area contributed by atoms with E-state index in [1.807, 2.05) is 6.92 Å². The number of hydrogen-bond acceptors (Lipinski definition) is 5. The van der Waals surface area contributed by atoms with Crippen LogP contribution in [0.5, 0.6) is 0 Å². The Hall–Kier alpha value is -1.18. The minimum Gasteiger partial charge on any atom is -0.385 e. The standard InChI is InChI=1S/C14H23N3O3S/c1-3-15-13-12(5-4-9-16-13)21(18,19)17-11-14(6-7-14)8-10-20-2/h4-5,9,17H,3,6-8,10-11H2,1-2H3,(H,15,16). The minimum absolute atomic E-state index is 0.0731. The molecule has 0 aromatic carbocycles. The molecule has 7 heteroatoms. The van der Waals surface area contributed by atoms with E-state index in [0.29, 0.717) is 25.5 Å². The van der Waals surface area contributed by atoms with E-state index in [1.165, 1.54) is 0 Å². The summed E-state index contributed by atoms with van der Waals surface area (Å²) in [6, 6.07) is 3.20. The van der Waals surface area contributed by atoms with Crippen LogP contribution in [0.25, 0.3) is 0 Å². The number of nitrogens with zero attached hydrogens (tertiary/aromatic N) is 1. The number of nitrogens with one attached hydrogen (secondary N) is 2. The van der Waals surface area contributed by atoms with Crippen LogP contribution in [0.1, 0.15) is 26.2 Å². The van der Waals surface area contributed by atoms with Gasteiger partial charge in [0.2, 0.25) is 10.0 Å². The lowest BCUT2D eigenvalue weighted by atomic mass is 10.0. The fourth-order valence-electron chi connectivity index (χ4n) is 2.24. The summed E-state index contributed by atoms with van der Waals surface area (Å²) in [6.45, 7) is 3.65. The van der Waals surface area contributed by atoms with Crippen molar-refractivity contribution in [3.8, 4) is 0 Å². The van der Waals surface area contributed by atoms with E-state index < -0.39 is 10.0 Å². The maximum Gasteiger partial charge on any atom is 0.244 e. The first kappa shape index (κ1) is 16.2. The molecule has 0 atom stereocenters. The van der Waals surface area contributed by atoms with Gasteiger partial charge in [-0.05, 0) is 43.7 Å². The lowest BCUT2D eigenvalue weighted by molar-refractivity contribution is 0.173. The summed E-state index contributed by atoms with van der Waals surface area (Å²) in [5.74, 6) is 0.397. The van der Waals surface area contributed by atoms with E-state index >= 15 is 0 Å². The van der Waals surface area contributed by atoms with Crippen molar-refractivity contribution in [2.45, 2.75) is 31.1 Å². The van der Waals surface area contributed by atoms with E-state index in [1.54, 1.807) is 25.4 Å². The number of pyridine rings is 1. The Morgan fingerprint density at radius 1 is 1.43 bits per heavy atom. The Morgan fingerprint density at radius 2 is 2.19 bits per heavy atom. The molecule has 0 spiro atoms. The van der Waals surface area contributed by atoms with Crippen molar-refractivity contribution >= 4 is 15.8 Å². The summed E-state index contributed by atoms with van der Waals surface area (Å²) in [5, 5.41) is 2.98. The second-order valence-electron chi connectivity index (χ2n) is 5.45. The first-order valence-corrected chi connectivity index (χ1v) is 8.69. The van der Waals surface area contributed by atoms with Crippen molar-refractivity contribution in [1.29, 1.82) is 0 Å². The topological polar surface area (TPSA) is 80.3 Å². The van der Waals surface area contributed by atoms with Crippen molar-refractivity contribution in [1.82, 2.24) is 9.71 Å². The van der Waals surface area contributed by atoms with Crippen LogP contribution in [-0.2, 0) is 14.8 Å². The molecule has 1 aliphatic carbocycles. The first-order valence-electron chi connectivity index (χ1n) is 7.20.